The number of aromatic nitrogens is 1. The average molecular weight is 399 g/mol. The molecule has 2 aromatic rings. The zero-order valence-corrected chi connectivity index (χ0v) is 15.8. The van der Waals surface area contributed by atoms with Gasteiger partial charge in [-0.2, -0.15) is 18.4 Å². The van der Waals surface area contributed by atoms with Crippen molar-refractivity contribution in [1.29, 1.82) is 5.26 Å². The Labute approximate surface area is 157 Å². The van der Waals surface area contributed by atoms with Crippen LogP contribution >= 0.6 is 23.1 Å². The molecule has 4 nitrogen and oxygen atoms in total. The third kappa shape index (κ3) is 4.56. The second kappa shape index (κ2) is 8.56. The fraction of sp³-hybridized carbons (Fsp3) is 0.353. The van der Waals surface area contributed by atoms with Crippen molar-refractivity contribution in [2.45, 2.75) is 25.0 Å². The summed E-state index contributed by atoms with van der Waals surface area (Å²) in [6.07, 6.45) is -4.68. The fourth-order valence-corrected chi connectivity index (χ4v) is 3.90. The molecule has 0 radical (unpaired) electrons. The summed E-state index contributed by atoms with van der Waals surface area (Å²) in [5.74, 6) is -0.282. The van der Waals surface area contributed by atoms with Crippen LogP contribution in [0.1, 0.15) is 25.0 Å². The normalized spacial score (nSPS) is 11.2. The second-order valence-electron chi connectivity index (χ2n) is 5.18. The van der Waals surface area contributed by atoms with Gasteiger partial charge in [-0.15, -0.1) is 11.3 Å². The Morgan fingerprint density at radius 2 is 2.08 bits per heavy atom. The van der Waals surface area contributed by atoms with Crippen molar-refractivity contribution in [3.05, 3.63) is 34.7 Å². The highest BCUT2D eigenvalue weighted by Gasteiger charge is 2.36. The number of hydrogen-bond donors (Lipinski definition) is 0. The minimum absolute atomic E-state index is 0.0749. The lowest BCUT2D eigenvalue weighted by molar-refractivity contribution is -0.138. The lowest BCUT2D eigenvalue weighted by Crippen LogP contribution is -2.31. The number of carbonyl (C=O) groups is 1. The Morgan fingerprint density at radius 3 is 2.58 bits per heavy atom. The molecule has 0 saturated carbocycles. The monoisotopic (exact) mass is 399 g/mol. The molecule has 0 atom stereocenters. The molecule has 0 aliphatic rings. The standard InChI is InChI=1S/C17H16F3N3OS2/c1-3-23(4-2)15(24)10-26-16-11(9-21)12(17(18,19)20)8-13(22-16)14-6-5-7-25-14/h5-8H,3-4,10H2,1-2H3. The SMILES string of the molecule is CCN(CC)C(=O)CSc1nc(-c2cccs2)cc(C(F)(F)F)c1C#N. The number of halogens is 3. The summed E-state index contributed by atoms with van der Waals surface area (Å²) in [5.41, 5.74) is -1.43. The molecule has 0 aromatic carbocycles. The first-order chi connectivity index (χ1) is 12.3. The number of pyridine rings is 1. The molecule has 0 bridgehead atoms. The van der Waals surface area contributed by atoms with E-state index in [9.17, 15) is 23.2 Å². The van der Waals surface area contributed by atoms with Crippen molar-refractivity contribution in [2.24, 2.45) is 0 Å². The molecule has 9 heteroatoms. The number of nitriles is 1. The molecule has 1 amide bonds. The van der Waals surface area contributed by atoms with E-state index in [4.69, 9.17) is 0 Å². The van der Waals surface area contributed by atoms with Gasteiger partial charge in [-0.25, -0.2) is 4.98 Å². The first-order valence-corrected chi connectivity index (χ1v) is 9.65. The summed E-state index contributed by atoms with van der Waals surface area (Å²) < 4.78 is 40.2. The molecule has 2 rings (SSSR count). The highest BCUT2D eigenvalue weighted by atomic mass is 32.2. The van der Waals surface area contributed by atoms with Crippen molar-refractivity contribution in [2.75, 3.05) is 18.8 Å². The molecule has 0 aliphatic carbocycles. The van der Waals surface area contributed by atoms with Crippen molar-refractivity contribution >= 4 is 29.0 Å². The molecule has 2 heterocycles. The van der Waals surface area contributed by atoms with E-state index in [0.717, 1.165) is 17.8 Å². The number of rotatable bonds is 6. The van der Waals surface area contributed by atoms with Gasteiger partial charge in [0, 0.05) is 13.1 Å². The first kappa shape index (κ1) is 20.3. The molecule has 0 saturated heterocycles. The predicted molar refractivity (Wildman–Crippen MR) is 95.9 cm³/mol. The number of hydrogen-bond acceptors (Lipinski definition) is 5. The lowest BCUT2D eigenvalue weighted by atomic mass is 10.1. The van der Waals surface area contributed by atoms with Crippen LogP contribution in [-0.2, 0) is 11.0 Å². The van der Waals surface area contributed by atoms with Crippen LogP contribution in [0, 0.1) is 11.3 Å². The Bertz CT molecular complexity index is 810. The summed E-state index contributed by atoms with van der Waals surface area (Å²) in [6.45, 7) is 4.67. The van der Waals surface area contributed by atoms with Gasteiger partial charge in [0.25, 0.3) is 0 Å². The summed E-state index contributed by atoms with van der Waals surface area (Å²) in [4.78, 5) is 18.5. The zero-order valence-electron chi connectivity index (χ0n) is 14.1. The Kier molecular flexibility index (Phi) is 6.67. The number of nitrogens with zero attached hydrogens (tertiary/aromatic N) is 3. The second-order valence-corrected chi connectivity index (χ2v) is 7.09. The van der Waals surface area contributed by atoms with Gasteiger partial charge in [-0.05, 0) is 31.4 Å². The molecule has 26 heavy (non-hydrogen) atoms. The minimum Gasteiger partial charge on any atom is -0.343 e. The van der Waals surface area contributed by atoms with Crippen LogP contribution in [0.2, 0.25) is 0 Å². The molecular formula is C17H16F3N3OS2. The van der Waals surface area contributed by atoms with E-state index in [1.165, 1.54) is 11.3 Å². The number of alkyl halides is 3. The zero-order chi connectivity index (χ0) is 19.3. The predicted octanol–water partition coefficient (Wildman–Crippen LogP) is 4.66. The van der Waals surface area contributed by atoms with Crippen LogP contribution in [0.5, 0.6) is 0 Å². The van der Waals surface area contributed by atoms with Crippen LogP contribution in [0.25, 0.3) is 10.6 Å². The third-order valence-electron chi connectivity index (χ3n) is 3.63. The number of amides is 1. The molecule has 0 unspecified atom stereocenters. The molecule has 138 valence electrons. The number of thiophene rings is 1. The van der Waals surface area contributed by atoms with Crippen LogP contribution in [0.4, 0.5) is 13.2 Å². The van der Waals surface area contributed by atoms with Gasteiger partial charge in [-0.1, -0.05) is 17.8 Å². The smallest absolute Gasteiger partial charge is 0.343 e. The van der Waals surface area contributed by atoms with E-state index in [1.54, 1.807) is 28.5 Å². The van der Waals surface area contributed by atoms with Crippen molar-refractivity contribution in [1.82, 2.24) is 9.88 Å². The van der Waals surface area contributed by atoms with Crippen molar-refractivity contribution < 1.29 is 18.0 Å². The van der Waals surface area contributed by atoms with Crippen molar-refractivity contribution in [3.8, 4) is 16.6 Å². The maximum absolute atomic E-state index is 13.4. The van der Waals surface area contributed by atoms with Gasteiger partial charge in [0.2, 0.25) is 5.91 Å². The molecule has 0 spiro atoms. The van der Waals surface area contributed by atoms with Crippen LogP contribution in [0.3, 0.4) is 0 Å². The van der Waals surface area contributed by atoms with E-state index in [1.807, 2.05) is 13.8 Å². The van der Waals surface area contributed by atoms with E-state index in [0.29, 0.717) is 18.0 Å². The molecule has 0 N–H and O–H groups in total. The van der Waals surface area contributed by atoms with Crippen LogP contribution in [-0.4, -0.2) is 34.6 Å². The van der Waals surface area contributed by atoms with Crippen LogP contribution in [0.15, 0.2) is 28.6 Å². The molecule has 0 aliphatic heterocycles. The van der Waals surface area contributed by atoms with Crippen LogP contribution < -0.4 is 0 Å². The topological polar surface area (TPSA) is 57.0 Å². The van der Waals surface area contributed by atoms with E-state index in [2.05, 4.69) is 4.98 Å². The van der Waals surface area contributed by atoms with Gasteiger partial charge >= 0.3 is 6.18 Å². The average Bonchev–Trinajstić information content (AvgIpc) is 3.14. The quantitative estimate of drug-likeness (QED) is 0.663. The maximum Gasteiger partial charge on any atom is 0.417 e. The number of thioether (sulfide) groups is 1. The Morgan fingerprint density at radius 1 is 1.38 bits per heavy atom. The van der Waals surface area contributed by atoms with Gasteiger partial charge < -0.3 is 4.90 Å². The summed E-state index contributed by atoms with van der Waals surface area (Å²) in [7, 11) is 0. The third-order valence-corrected chi connectivity index (χ3v) is 5.48. The minimum atomic E-state index is -4.68. The highest BCUT2D eigenvalue weighted by Crippen LogP contribution is 2.38. The lowest BCUT2D eigenvalue weighted by Gasteiger charge is -2.18. The van der Waals surface area contributed by atoms with Gasteiger partial charge in [-0.3, -0.25) is 4.79 Å². The maximum atomic E-state index is 13.4. The van der Waals surface area contributed by atoms with E-state index >= 15 is 0 Å². The summed E-state index contributed by atoms with van der Waals surface area (Å²) in [5, 5.41) is 10.9. The Hall–Kier alpha value is -2.05. The molecular weight excluding hydrogens is 383 g/mol. The summed E-state index contributed by atoms with van der Waals surface area (Å²) in [6, 6.07) is 5.86. The molecule has 2 aromatic heterocycles. The first-order valence-electron chi connectivity index (χ1n) is 7.78. The highest BCUT2D eigenvalue weighted by molar-refractivity contribution is 8.00. The van der Waals surface area contributed by atoms with E-state index < -0.39 is 17.3 Å². The van der Waals surface area contributed by atoms with E-state index in [-0.39, 0.29) is 22.4 Å². The molecule has 0 fully saturated rings. The van der Waals surface area contributed by atoms with Gasteiger partial charge in [0.1, 0.15) is 11.1 Å². The number of carbonyl (C=O) groups excluding carboxylic acids is 1. The fourth-order valence-electron chi connectivity index (χ4n) is 2.31. The van der Waals surface area contributed by atoms with Crippen molar-refractivity contribution in [3.63, 3.8) is 0 Å². The van der Waals surface area contributed by atoms with Gasteiger partial charge in [0.05, 0.1) is 27.5 Å². The largest absolute Gasteiger partial charge is 0.417 e. The summed E-state index contributed by atoms with van der Waals surface area (Å²) >= 11 is 2.12. The Balaban J connectivity index is 2.45. The van der Waals surface area contributed by atoms with Gasteiger partial charge in [0.15, 0.2) is 0 Å².